The van der Waals surface area contributed by atoms with Gasteiger partial charge < -0.3 is 15.2 Å². The lowest BCUT2D eigenvalue weighted by Crippen LogP contribution is -2.42. The fourth-order valence-electron chi connectivity index (χ4n) is 1.05. The van der Waals surface area contributed by atoms with Crippen molar-refractivity contribution in [1.29, 1.82) is 0 Å². The fourth-order valence-corrected chi connectivity index (χ4v) is 1.22. The summed E-state index contributed by atoms with van der Waals surface area (Å²) in [5.41, 5.74) is 0. The second-order valence-corrected chi connectivity index (χ2v) is 3.10. The van der Waals surface area contributed by atoms with Crippen LogP contribution in [0.15, 0.2) is 0 Å². The Morgan fingerprint density at radius 2 is 2.42 bits per heavy atom. The molecule has 0 aromatic carbocycles. The number of hydrogen-bond donors (Lipinski definition) is 2. The maximum atomic E-state index is 11.0. The van der Waals surface area contributed by atoms with Crippen LogP contribution in [0.4, 0.5) is 0 Å². The van der Waals surface area contributed by atoms with Crippen LogP contribution in [0.2, 0.25) is 0 Å². The lowest BCUT2D eigenvalue weighted by Gasteiger charge is -2.13. The van der Waals surface area contributed by atoms with Crippen LogP contribution < -0.4 is 5.32 Å². The summed E-state index contributed by atoms with van der Waals surface area (Å²) >= 11 is 5.36. The van der Waals surface area contributed by atoms with Gasteiger partial charge in [-0.2, -0.15) is 0 Å². The molecule has 0 saturated carbocycles. The zero-order valence-corrected chi connectivity index (χ0v) is 7.38. The number of hydrogen-bond acceptors (Lipinski definition) is 3. The van der Waals surface area contributed by atoms with Gasteiger partial charge in [-0.3, -0.25) is 4.79 Å². The molecular weight excluding hydrogens is 182 g/mol. The third kappa shape index (κ3) is 2.62. The second-order valence-electron chi connectivity index (χ2n) is 2.72. The third-order valence-corrected chi connectivity index (χ3v) is 1.91. The van der Waals surface area contributed by atoms with E-state index in [1.54, 1.807) is 0 Å². The molecule has 1 fully saturated rings. The normalized spacial score (nSPS) is 28.8. The summed E-state index contributed by atoms with van der Waals surface area (Å²) in [6, 6.07) is -0.263. The number of aliphatic hydroxyl groups is 1. The summed E-state index contributed by atoms with van der Waals surface area (Å²) in [4.78, 5) is 11.0. The van der Waals surface area contributed by atoms with Gasteiger partial charge in [-0.25, -0.2) is 0 Å². The van der Waals surface area contributed by atoms with Crippen molar-refractivity contribution in [2.45, 2.75) is 18.6 Å². The van der Waals surface area contributed by atoms with E-state index in [-0.39, 0.29) is 18.4 Å². The van der Waals surface area contributed by atoms with E-state index in [0.29, 0.717) is 19.1 Å². The number of carbonyl (C=O) groups is 1. The molecule has 5 heteroatoms. The molecule has 0 aliphatic carbocycles. The first-order valence-electron chi connectivity index (χ1n) is 3.85. The van der Waals surface area contributed by atoms with Gasteiger partial charge in [0.15, 0.2) is 0 Å². The number of alkyl halides is 1. The molecule has 1 saturated heterocycles. The highest BCUT2D eigenvalue weighted by Gasteiger charge is 2.26. The maximum absolute atomic E-state index is 11.0. The fraction of sp³-hybridized carbons (Fsp3) is 0.857. The molecule has 2 N–H and O–H groups in total. The van der Waals surface area contributed by atoms with Gasteiger partial charge in [-0.05, 0) is 0 Å². The van der Waals surface area contributed by atoms with Crippen molar-refractivity contribution in [1.82, 2.24) is 5.32 Å². The molecule has 1 amide bonds. The summed E-state index contributed by atoms with van der Waals surface area (Å²) in [5.74, 6) is 0.162. The van der Waals surface area contributed by atoms with Gasteiger partial charge in [-0.15, -0.1) is 11.6 Å². The van der Waals surface area contributed by atoms with Crippen LogP contribution in [-0.4, -0.2) is 42.3 Å². The summed E-state index contributed by atoms with van der Waals surface area (Å²) in [6.45, 7) is 0.682. The maximum Gasteiger partial charge on any atom is 0.221 e. The average Bonchev–Trinajstić information content (AvgIpc) is 2.37. The summed E-state index contributed by atoms with van der Waals surface area (Å²) in [5, 5.41) is 11.9. The number of ether oxygens (including phenoxy) is 1. The first kappa shape index (κ1) is 9.77. The molecule has 70 valence electrons. The van der Waals surface area contributed by atoms with Crippen molar-refractivity contribution in [2.75, 3.05) is 19.1 Å². The molecule has 2 atom stereocenters. The molecule has 0 spiro atoms. The first-order chi connectivity index (χ1) is 5.74. The number of amides is 1. The Balaban J connectivity index is 2.25. The van der Waals surface area contributed by atoms with E-state index in [1.165, 1.54) is 0 Å². The summed E-state index contributed by atoms with van der Waals surface area (Å²) in [6.07, 6.45) is -0.297. The minimum absolute atomic E-state index is 0.139. The molecule has 0 unspecified atom stereocenters. The standard InChI is InChI=1S/C7H12ClNO3/c8-2-1-7(11)9-5-3-12-4-6(5)10/h5-6,10H,1-4H2,(H,9,11)/t5-,6-/m1/s1. The Morgan fingerprint density at radius 1 is 1.67 bits per heavy atom. The number of halogens is 1. The van der Waals surface area contributed by atoms with Gasteiger partial charge in [0.1, 0.15) is 0 Å². The molecule has 1 aliphatic heterocycles. The van der Waals surface area contributed by atoms with Crippen LogP contribution in [0.5, 0.6) is 0 Å². The van der Waals surface area contributed by atoms with E-state index in [9.17, 15) is 9.90 Å². The van der Waals surface area contributed by atoms with Gasteiger partial charge >= 0.3 is 0 Å². The Bertz CT molecular complexity index is 165. The van der Waals surface area contributed by atoms with Gasteiger partial charge in [0, 0.05) is 12.3 Å². The van der Waals surface area contributed by atoms with Gasteiger partial charge in [0.2, 0.25) is 5.91 Å². The minimum atomic E-state index is -0.579. The number of carbonyl (C=O) groups excluding carboxylic acids is 1. The number of rotatable bonds is 3. The van der Waals surface area contributed by atoms with Gasteiger partial charge in [0.05, 0.1) is 25.4 Å². The Hall–Kier alpha value is -0.320. The van der Waals surface area contributed by atoms with Crippen LogP contribution >= 0.6 is 11.6 Å². The summed E-state index contributed by atoms with van der Waals surface area (Å²) < 4.78 is 4.95. The van der Waals surface area contributed by atoms with Gasteiger partial charge in [-0.1, -0.05) is 0 Å². The molecule has 1 rings (SSSR count). The average molecular weight is 194 g/mol. The predicted octanol–water partition coefficient (Wildman–Crippen LogP) is -0.509. The van der Waals surface area contributed by atoms with Crippen molar-refractivity contribution in [3.05, 3.63) is 0 Å². The minimum Gasteiger partial charge on any atom is -0.388 e. The Labute approximate surface area is 75.8 Å². The SMILES string of the molecule is O=C(CCCl)N[C@@H]1COC[C@H]1O. The Kier molecular flexibility index (Phi) is 3.78. The largest absolute Gasteiger partial charge is 0.388 e. The monoisotopic (exact) mass is 193 g/mol. The van der Waals surface area contributed by atoms with Crippen LogP contribution in [0.1, 0.15) is 6.42 Å². The highest BCUT2D eigenvalue weighted by molar-refractivity contribution is 6.18. The van der Waals surface area contributed by atoms with E-state index >= 15 is 0 Å². The third-order valence-electron chi connectivity index (χ3n) is 1.72. The second kappa shape index (κ2) is 4.64. The molecule has 4 nitrogen and oxygen atoms in total. The van der Waals surface area contributed by atoms with Crippen LogP contribution in [0.3, 0.4) is 0 Å². The number of nitrogens with one attached hydrogen (secondary N) is 1. The molecule has 0 aromatic rings. The van der Waals surface area contributed by atoms with Crippen molar-refractivity contribution < 1.29 is 14.6 Å². The zero-order valence-electron chi connectivity index (χ0n) is 6.62. The number of aliphatic hydroxyl groups excluding tert-OH is 1. The van der Waals surface area contributed by atoms with Crippen LogP contribution in [0, 0.1) is 0 Å². The lowest BCUT2D eigenvalue weighted by molar-refractivity contribution is -0.121. The molecule has 0 aromatic heterocycles. The van der Waals surface area contributed by atoms with E-state index in [4.69, 9.17) is 16.3 Å². The topological polar surface area (TPSA) is 58.6 Å². The highest BCUT2D eigenvalue weighted by Crippen LogP contribution is 2.04. The smallest absolute Gasteiger partial charge is 0.221 e. The molecule has 12 heavy (non-hydrogen) atoms. The van der Waals surface area contributed by atoms with Crippen molar-refractivity contribution >= 4 is 17.5 Å². The van der Waals surface area contributed by atoms with Crippen LogP contribution in [-0.2, 0) is 9.53 Å². The van der Waals surface area contributed by atoms with E-state index in [2.05, 4.69) is 5.32 Å². The molecular formula is C7H12ClNO3. The van der Waals surface area contributed by atoms with E-state index < -0.39 is 6.10 Å². The zero-order chi connectivity index (χ0) is 8.97. The molecule has 1 aliphatic rings. The molecule has 1 heterocycles. The molecule has 0 bridgehead atoms. The Morgan fingerprint density at radius 3 is 2.92 bits per heavy atom. The quantitative estimate of drug-likeness (QED) is 0.594. The van der Waals surface area contributed by atoms with Crippen molar-refractivity contribution in [2.24, 2.45) is 0 Å². The predicted molar refractivity (Wildman–Crippen MR) is 44.1 cm³/mol. The first-order valence-corrected chi connectivity index (χ1v) is 4.38. The summed E-state index contributed by atoms with van der Waals surface area (Å²) in [7, 11) is 0. The van der Waals surface area contributed by atoms with Crippen molar-refractivity contribution in [3.8, 4) is 0 Å². The van der Waals surface area contributed by atoms with Gasteiger partial charge in [0.25, 0.3) is 0 Å². The van der Waals surface area contributed by atoms with Crippen LogP contribution in [0.25, 0.3) is 0 Å². The van der Waals surface area contributed by atoms with Crippen molar-refractivity contribution in [3.63, 3.8) is 0 Å². The van der Waals surface area contributed by atoms with E-state index in [0.717, 1.165) is 0 Å². The highest BCUT2D eigenvalue weighted by atomic mass is 35.5. The lowest BCUT2D eigenvalue weighted by atomic mass is 10.2. The molecule has 0 radical (unpaired) electrons. The van der Waals surface area contributed by atoms with E-state index in [1.807, 2.05) is 0 Å².